The van der Waals surface area contributed by atoms with Gasteiger partial charge < -0.3 is 14.2 Å². The van der Waals surface area contributed by atoms with E-state index in [4.69, 9.17) is 14.2 Å². The van der Waals surface area contributed by atoms with E-state index in [2.05, 4.69) is 118 Å². The fraction of sp³-hybridized carbons (Fsp3) is 0.716. The summed E-state index contributed by atoms with van der Waals surface area (Å²) in [6, 6.07) is 0. The molecule has 0 amide bonds. The number of carbonyl (C=O) groups is 3. The Labute approximate surface area is 451 Å². The van der Waals surface area contributed by atoms with Crippen LogP contribution in [0.4, 0.5) is 0 Å². The molecule has 0 saturated carbocycles. The molecule has 6 heteroatoms. The zero-order valence-corrected chi connectivity index (χ0v) is 47.9. The number of esters is 3. The van der Waals surface area contributed by atoms with Gasteiger partial charge in [0.25, 0.3) is 0 Å². The number of rotatable bonds is 55. The van der Waals surface area contributed by atoms with Crippen molar-refractivity contribution in [3.63, 3.8) is 0 Å². The van der Waals surface area contributed by atoms with Gasteiger partial charge >= 0.3 is 17.9 Å². The van der Waals surface area contributed by atoms with Gasteiger partial charge in [0.15, 0.2) is 6.10 Å². The summed E-state index contributed by atoms with van der Waals surface area (Å²) in [6.45, 7) is 6.51. The topological polar surface area (TPSA) is 78.9 Å². The molecular formula is C67H114O6. The van der Waals surface area contributed by atoms with Crippen LogP contribution in [0.25, 0.3) is 0 Å². The van der Waals surface area contributed by atoms with Gasteiger partial charge in [0.1, 0.15) is 13.2 Å². The molecule has 0 heterocycles. The largest absolute Gasteiger partial charge is 0.462 e. The third kappa shape index (κ3) is 59.1. The fourth-order valence-electron chi connectivity index (χ4n) is 8.52. The van der Waals surface area contributed by atoms with Crippen LogP contribution in [0, 0.1) is 0 Å². The van der Waals surface area contributed by atoms with Crippen molar-refractivity contribution in [2.45, 2.75) is 297 Å². The average Bonchev–Trinajstić information content (AvgIpc) is 3.39. The molecule has 0 rings (SSSR count). The molecule has 0 fully saturated rings. The van der Waals surface area contributed by atoms with Gasteiger partial charge in [-0.15, -0.1) is 0 Å². The maximum atomic E-state index is 12.9. The zero-order valence-electron chi connectivity index (χ0n) is 47.9. The first-order valence-corrected chi connectivity index (χ1v) is 30.7. The van der Waals surface area contributed by atoms with Crippen molar-refractivity contribution in [2.75, 3.05) is 13.2 Å². The van der Waals surface area contributed by atoms with Gasteiger partial charge in [0.2, 0.25) is 0 Å². The van der Waals surface area contributed by atoms with E-state index < -0.39 is 6.10 Å². The lowest BCUT2D eigenvalue weighted by atomic mass is 10.0. The quantitative estimate of drug-likeness (QED) is 0.0261. The number of hydrogen-bond acceptors (Lipinski definition) is 6. The van der Waals surface area contributed by atoms with E-state index in [1.165, 1.54) is 141 Å². The van der Waals surface area contributed by atoms with Crippen LogP contribution in [-0.2, 0) is 28.6 Å². The van der Waals surface area contributed by atoms with E-state index in [0.717, 1.165) is 109 Å². The summed E-state index contributed by atoms with van der Waals surface area (Å²) in [5.41, 5.74) is 0. The van der Waals surface area contributed by atoms with E-state index in [1.54, 1.807) is 0 Å². The first-order valence-electron chi connectivity index (χ1n) is 30.7. The maximum Gasteiger partial charge on any atom is 0.306 e. The first kappa shape index (κ1) is 69.3. The molecule has 0 bridgehead atoms. The molecule has 418 valence electrons. The lowest BCUT2D eigenvalue weighted by molar-refractivity contribution is -0.167. The number of carbonyl (C=O) groups excluding carboxylic acids is 3. The Morgan fingerprint density at radius 2 is 0.534 bits per heavy atom. The Morgan fingerprint density at radius 1 is 0.288 bits per heavy atom. The highest BCUT2D eigenvalue weighted by Gasteiger charge is 2.19. The van der Waals surface area contributed by atoms with Crippen molar-refractivity contribution < 1.29 is 28.6 Å². The first-order chi connectivity index (χ1) is 36.0. The molecule has 0 radical (unpaired) electrons. The van der Waals surface area contributed by atoms with Crippen LogP contribution in [0.5, 0.6) is 0 Å². The molecule has 1 atom stereocenters. The smallest absolute Gasteiger partial charge is 0.306 e. The van der Waals surface area contributed by atoms with Crippen molar-refractivity contribution in [1.82, 2.24) is 0 Å². The van der Waals surface area contributed by atoms with Crippen LogP contribution in [0.15, 0.2) is 97.2 Å². The Bertz CT molecular complexity index is 1440. The third-order valence-corrected chi connectivity index (χ3v) is 13.1. The van der Waals surface area contributed by atoms with Crippen molar-refractivity contribution in [1.29, 1.82) is 0 Å². The SMILES string of the molecule is CC/C=C\C/C=C\C/C=C\C/C=C\C/C=C\C/C=C\C/C=C\C/C=C\CCCCC(=O)OCC(COC(=O)CCCCCCCCCCCCCCC)OC(=O)CCCCCCCCCCCCCCCCC. The van der Waals surface area contributed by atoms with Gasteiger partial charge in [-0.3, -0.25) is 14.4 Å². The molecule has 0 spiro atoms. The molecule has 0 aromatic heterocycles. The lowest BCUT2D eigenvalue weighted by Gasteiger charge is -2.18. The second-order valence-electron chi connectivity index (χ2n) is 20.2. The minimum absolute atomic E-state index is 0.0875. The fourth-order valence-corrected chi connectivity index (χ4v) is 8.52. The van der Waals surface area contributed by atoms with Gasteiger partial charge in [-0.2, -0.15) is 0 Å². The van der Waals surface area contributed by atoms with Gasteiger partial charge in [0.05, 0.1) is 0 Å². The van der Waals surface area contributed by atoms with E-state index >= 15 is 0 Å². The Balaban J connectivity index is 4.39. The Kier molecular flexibility index (Phi) is 57.8. The predicted molar refractivity (Wildman–Crippen MR) is 316 cm³/mol. The van der Waals surface area contributed by atoms with Crippen molar-refractivity contribution in [2.24, 2.45) is 0 Å². The van der Waals surface area contributed by atoms with Crippen molar-refractivity contribution in [3.05, 3.63) is 97.2 Å². The number of unbranched alkanes of at least 4 members (excludes halogenated alkanes) is 28. The van der Waals surface area contributed by atoms with E-state index in [1.807, 2.05) is 0 Å². The Hall–Kier alpha value is -3.67. The van der Waals surface area contributed by atoms with Gasteiger partial charge in [0, 0.05) is 19.3 Å². The molecular weight excluding hydrogens is 901 g/mol. The van der Waals surface area contributed by atoms with Crippen LogP contribution >= 0.6 is 0 Å². The van der Waals surface area contributed by atoms with Gasteiger partial charge in [-0.25, -0.2) is 0 Å². The van der Waals surface area contributed by atoms with Crippen LogP contribution in [0.3, 0.4) is 0 Å². The van der Waals surface area contributed by atoms with Crippen LogP contribution < -0.4 is 0 Å². The molecule has 73 heavy (non-hydrogen) atoms. The van der Waals surface area contributed by atoms with E-state index in [0.29, 0.717) is 19.3 Å². The summed E-state index contributed by atoms with van der Waals surface area (Å²) >= 11 is 0. The van der Waals surface area contributed by atoms with Crippen LogP contribution in [-0.4, -0.2) is 37.2 Å². The summed E-state index contributed by atoms with van der Waals surface area (Å²) < 4.78 is 16.9. The van der Waals surface area contributed by atoms with Crippen molar-refractivity contribution >= 4 is 17.9 Å². The molecule has 0 saturated heterocycles. The highest BCUT2D eigenvalue weighted by Crippen LogP contribution is 2.16. The molecule has 1 unspecified atom stereocenters. The summed E-state index contributed by atoms with van der Waals surface area (Å²) in [7, 11) is 0. The van der Waals surface area contributed by atoms with Crippen LogP contribution in [0.2, 0.25) is 0 Å². The second-order valence-corrected chi connectivity index (χ2v) is 20.2. The lowest BCUT2D eigenvalue weighted by Crippen LogP contribution is -2.30. The molecule has 0 aliphatic carbocycles. The monoisotopic (exact) mass is 1010 g/mol. The van der Waals surface area contributed by atoms with Gasteiger partial charge in [-0.1, -0.05) is 285 Å². The number of ether oxygens (including phenoxy) is 3. The van der Waals surface area contributed by atoms with E-state index in [-0.39, 0.29) is 31.1 Å². The summed E-state index contributed by atoms with van der Waals surface area (Å²) in [6.07, 6.45) is 81.2. The van der Waals surface area contributed by atoms with Gasteiger partial charge in [-0.05, 0) is 83.5 Å². The second kappa shape index (κ2) is 60.9. The highest BCUT2D eigenvalue weighted by molar-refractivity contribution is 5.71. The maximum absolute atomic E-state index is 12.9. The van der Waals surface area contributed by atoms with E-state index in [9.17, 15) is 14.4 Å². The summed E-state index contributed by atoms with van der Waals surface area (Å²) in [5.74, 6) is -0.923. The summed E-state index contributed by atoms with van der Waals surface area (Å²) in [4.78, 5) is 38.2. The van der Waals surface area contributed by atoms with Crippen molar-refractivity contribution in [3.8, 4) is 0 Å². The number of hydrogen-bond donors (Lipinski definition) is 0. The standard InChI is InChI=1S/C67H114O6/c1-4-7-10-13-16-19-22-25-27-28-29-30-31-32-33-34-35-36-37-38-40-42-45-48-51-54-57-60-66(69)72-63-64(62-71-65(68)59-56-53-50-47-44-41-24-21-18-15-12-9-6-3)73-67(70)61-58-55-52-49-46-43-39-26-23-20-17-14-11-8-5-2/h7,10,16,19,25,27,29-30,32-33,35-36,38,40,45,48,64H,4-6,8-9,11-15,17-18,20-24,26,28,31,34,37,39,41-44,46-47,49-63H2,1-3H3/b10-7-,19-16-,27-25-,30-29-,33-32-,36-35-,40-38-,48-45-. The molecule has 0 N–H and O–H groups in total. The normalized spacial score (nSPS) is 12.8. The minimum Gasteiger partial charge on any atom is -0.462 e. The molecule has 0 aliphatic rings. The molecule has 0 aliphatic heterocycles. The molecule has 6 nitrogen and oxygen atoms in total. The predicted octanol–water partition coefficient (Wildman–Crippen LogP) is 20.9. The average molecular weight is 1020 g/mol. The third-order valence-electron chi connectivity index (χ3n) is 13.1. The Morgan fingerprint density at radius 3 is 0.836 bits per heavy atom. The highest BCUT2D eigenvalue weighted by atomic mass is 16.6. The minimum atomic E-state index is -0.793. The molecule has 0 aromatic carbocycles. The number of allylic oxidation sites excluding steroid dienone is 16. The summed E-state index contributed by atoms with van der Waals surface area (Å²) in [5, 5.41) is 0. The van der Waals surface area contributed by atoms with Crippen LogP contribution in [0.1, 0.15) is 290 Å². The molecule has 0 aromatic rings. The zero-order chi connectivity index (χ0) is 52.9.